The summed E-state index contributed by atoms with van der Waals surface area (Å²) in [6.45, 7) is -0.262. The summed E-state index contributed by atoms with van der Waals surface area (Å²) in [7, 11) is 0. The van der Waals surface area contributed by atoms with Gasteiger partial charge in [-0.3, -0.25) is 4.98 Å². The number of nitriles is 1. The number of aliphatic hydroxyl groups is 1. The smallest absolute Gasteiger partial charge is 0.129 e. The van der Waals surface area contributed by atoms with E-state index in [9.17, 15) is 19.1 Å². The fourth-order valence-corrected chi connectivity index (χ4v) is 2.45. The van der Waals surface area contributed by atoms with Gasteiger partial charge in [-0.1, -0.05) is 6.07 Å². The summed E-state index contributed by atoms with van der Waals surface area (Å²) in [4.78, 5) is 3.87. The van der Waals surface area contributed by atoms with Gasteiger partial charge in [0, 0.05) is 30.5 Å². The summed E-state index contributed by atoms with van der Waals surface area (Å²) in [6, 6.07) is 8.94. The average Bonchev–Trinajstić information content (AvgIpc) is 2.49. The molecule has 0 radical (unpaired) electrons. The zero-order valence-corrected chi connectivity index (χ0v) is 11.2. The van der Waals surface area contributed by atoms with Crippen LogP contribution in [0.25, 0.3) is 0 Å². The highest BCUT2D eigenvalue weighted by Crippen LogP contribution is 2.37. The molecule has 0 bridgehead atoms. The van der Waals surface area contributed by atoms with E-state index in [2.05, 4.69) is 11.1 Å². The predicted molar refractivity (Wildman–Crippen MR) is 73.4 cm³/mol. The number of benzene rings is 1. The van der Waals surface area contributed by atoms with Crippen molar-refractivity contribution in [1.29, 1.82) is 5.26 Å². The van der Waals surface area contributed by atoms with Crippen molar-refractivity contribution in [3.05, 3.63) is 65.5 Å². The fraction of sp³-hybridized carbons (Fsp3) is 0.250. The van der Waals surface area contributed by atoms with Crippen LogP contribution in [0.4, 0.5) is 8.78 Å². The van der Waals surface area contributed by atoms with E-state index in [0.717, 1.165) is 12.1 Å². The number of aromatic nitrogens is 1. The Bertz CT molecular complexity index is 620. The van der Waals surface area contributed by atoms with E-state index < -0.39 is 23.5 Å². The van der Waals surface area contributed by atoms with Gasteiger partial charge in [-0.25, -0.2) is 8.78 Å². The molecule has 108 valence electrons. The number of rotatable bonds is 5. The number of hydrogen-bond donors (Lipinski definition) is 1. The average molecular weight is 288 g/mol. The minimum absolute atomic E-state index is 0.0956. The molecule has 1 heterocycles. The van der Waals surface area contributed by atoms with Crippen molar-refractivity contribution in [3.63, 3.8) is 0 Å². The third-order valence-electron chi connectivity index (χ3n) is 3.42. The standard InChI is InChI=1S/C16H14F2N2O/c17-14-2-1-3-15(18)16(14)12(6-9-21)13(10-19)11-4-7-20-8-5-11/h1-5,7-8,12-13,21H,6,9H2/t12-,13-/m0/s1. The second-order valence-electron chi connectivity index (χ2n) is 4.64. The summed E-state index contributed by atoms with van der Waals surface area (Å²) >= 11 is 0. The Balaban J connectivity index is 2.50. The van der Waals surface area contributed by atoms with Gasteiger partial charge in [-0.15, -0.1) is 0 Å². The van der Waals surface area contributed by atoms with Crippen LogP contribution in [0.3, 0.4) is 0 Å². The number of hydrogen-bond acceptors (Lipinski definition) is 3. The van der Waals surface area contributed by atoms with Crippen LogP contribution in [0, 0.1) is 23.0 Å². The SMILES string of the molecule is N#C[C@@H](c1ccncc1)[C@H](CCO)c1c(F)cccc1F. The van der Waals surface area contributed by atoms with Crippen molar-refractivity contribution in [3.8, 4) is 6.07 Å². The minimum atomic E-state index is -0.761. The van der Waals surface area contributed by atoms with E-state index in [1.54, 1.807) is 12.1 Å². The molecule has 2 rings (SSSR count). The molecule has 0 aliphatic rings. The van der Waals surface area contributed by atoms with Crippen molar-refractivity contribution in [2.24, 2.45) is 0 Å². The number of aliphatic hydroxyl groups excluding tert-OH is 1. The molecule has 1 N–H and O–H groups in total. The summed E-state index contributed by atoms with van der Waals surface area (Å²) in [6.07, 6.45) is 3.14. The van der Waals surface area contributed by atoms with Crippen LogP contribution >= 0.6 is 0 Å². The molecule has 0 saturated heterocycles. The van der Waals surface area contributed by atoms with Crippen LogP contribution < -0.4 is 0 Å². The largest absolute Gasteiger partial charge is 0.396 e. The van der Waals surface area contributed by atoms with Crippen molar-refractivity contribution in [2.45, 2.75) is 18.3 Å². The predicted octanol–water partition coefficient (Wildman–Crippen LogP) is 3.13. The summed E-state index contributed by atoms with van der Waals surface area (Å²) in [5, 5.41) is 18.6. The molecule has 0 aliphatic carbocycles. The maximum Gasteiger partial charge on any atom is 0.129 e. The molecule has 0 saturated carbocycles. The molecule has 21 heavy (non-hydrogen) atoms. The molecule has 0 aliphatic heterocycles. The lowest BCUT2D eigenvalue weighted by atomic mass is 9.80. The van der Waals surface area contributed by atoms with Gasteiger partial charge in [0.25, 0.3) is 0 Å². The summed E-state index contributed by atoms with van der Waals surface area (Å²) < 4.78 is 28.0. The molecule has 0 spiro atoms. The fourth-order valence-electron chi connectivity index (χ4n) is 2.45. The Morgan fingerprint density at radius 2 is 1.76 bits per heavy atom. The van der Waals surface area contributed by atoms with E-state index in [1.165, 1.54) is 18.5 Å². The zero-order chi connectivity index (χ0) is 15.2. The summed E-state index contributed by atoms with van der Waals surface area (Å²) in [5.74, 6) is -2.93. The monoisotopic (exact) mass is 288 g/mol. The Morgan fingerprint density at radius 3 is 2.29 bits per heavy atom. The highest BCUT2D eigenvalue weighted by atomic mass is 19.1. The van der Waals surface area contributed by atoms with Gasteiger partial charge in [0.15, 0.2) is 0 Å². The third kappa shape index (κ3) is 3.23. The van der Waals surface area contributed by atoms with Crippen LogP contribution in [0.2, 0.25) is 0 Å². The van der Waals surface area contributed by atoms with Gasteiger partial charge >= 0.3 is 0 Å². The first kappa shape index (κ1) is 15.1. The maximum atomic E-state index is 14.0. The second-order valence-corrected chi connectivity index (χ2v) is 4.64. The maximum absolute atomic E-state index is 14.0. The molecule has 2 atom stereocenters. The topological polar surface area (TPSA) is 56.9 Å². The van der Waals surface area contributed by atoms with E-state index in [-0.39, 0.29) is 18.6 Å². The first-order chi connectivity index (χ1) is 10.2. The first-order valence-electron chi connectivity index (χ1n) is 6.53. The summed E-state index contributed by atoms with van der Waals surface area (Å²) in [5.41, 5.74) is 0.462. The minimum Gasteiger partial charge on any atom is -0.396 e. The number of halogens is 2. The van der Waals surface area contributed by atoms with E-state index in [1.807, 2.05) is 0 Å². The number of nitrogens with zero attached hydrogens (tertiary/aromatic N) is 2. The van der Waals surface area contributed by atoms with Gasteiger partial charge in [0.05, 0.1) is 12.0 Å². The van der Waals surface area contributed by atoms with Crippen molar-refractivity contribution in [1.82, 2.24) is 4.98 Å². The molecule has 0 unspecified atom stereocenters. The molecule has 3 nitrogen and oxygen atoms in total. The third-order valence-corrected chi connectivity index (χ3v) is 3.42. The van der Waals surface area contributed by atoms with E-state index in [0.29, 0.717) is 5.56 Å². The van der Waals surface area contributed by atoms with Gasteiger partial charge in [-0.05, 0) is 36.2 Å². The Labute approximate surface area is 121 Å². The second kappa shape index (κ2) is 6.91. The van der Waals surface area contributed by atoms with Gasteiger partial charge in [0.2, 0.25) is 0 Å². The van der Waals surface area contributed by atoms with Gasteiger partial charge in [0.1, 0.15) is 11.6 Å². The lowest BCUT2D eigenvalue weighted by molar-refractivity contribution is 0.269. The van der Waals surface area contributed by atoms with Crippen LogP contribution in [-0.2, 0) is 0 Å². The van der Waals surface area contributed by atoms with Crippen molar-refractivity contribution < 1.29 is 13.9 Å². The number of pyridine rings is 1. The van der Waals surface area contributed by atoms with Crippen LogP contribution in [0.5, 0.6) is 0 Å². The van der Waals surface area contributed by atoms with Crippen molar-refractivity contribution >= 4 is 0 Å². The Hall–Kier alpha value is -2.32. The quantitative estimate of drug-likeness (QED) is 0.919. The lowest BCUT2D eigenvalue weighted by Crippen LogP contribution is -2.15. The molecular formula is C16H14F2N2O. The highest BCUT2D eigenvalue weighted by Gasteiger charge is 2.29. The van der Waals surface area contributed by atoms with Gasteiger partial charge in [-0.2, -0.15) is 5.26 Å². The molecule has 2 aromatic rings. The lowest BCUT2D eigenvalue weighted by Gasteiger charge is -2.23. The Morgan fingerprint density at radius 1 is 1.14 bits per heavy atom. The van der Waals surface area contributed by atoms with E-state index >= 15 is 0 Å². The van der Waals surface area contributed by atoms with Crippen LogP contribution in [0.15, 0.2) is 42.7 Å². The molecule has 0 amide bonds. The highest BCUT2D eigenvalue weighted by molar-refractivity contribution is 5.33. The molecule has 0 fully saturated rings. The zero-order valence-electron chi connectivity index (χ0n) is 11.2. The molecule has 1 aromatic carbocycles. The first-order valence-corrected chi connectivity index (χ1v) is 6.53. The van der Waals surface area contributed by atoms with Gasteiger partial charge < -0.3 is 5.11 Å². The van der Waals surface area contributed by atoms with E-state index in [4.69, 9.17) is 0 Å². The molecular weight excluding hydrogens is 274 g/mol. The molecule has 1 aromatic heterocycles. The molecule has 5 heteroatoms. The van der Waals surface area contributed by atoms with Crippen LogP contribution in [0.1, 0.15) is 29.4 Å². The Kier molecular flexibility index (Phi) is 4.96. The van der Waals surface area contributed by atoms with Crippen molar-refractivity contribution in [2.75, 3.05) is 6.61 Å². The van der Waals surface area contributed by atoms with Crippen LogP contribution in [-0.4, -0.2) is 16.7 Å². The normalized spacial score (nSPS) is 13.4.